The summed E-state index contributed by atoms with van der Waals surface area (Å²) in [6, 6.07) is 5.06. The van der Waals surface area contributed by atoms with Gasteiger partial charge in [0, 0.05) is 39.4 Å². The minimum atomic E-state index is -3.48. The average Bonchev–Trinajstić information content (AvgIpc) is 2.78. The van der Waals surface area contributed by atoms with Crippen LogP contribution in [0.3, 0.4) is 0 Å². The van der Waals surface area contributed by atoms with E-state index in [2.05, 4.69) is 5.32 Å². The van der Waals surface area contributed by atoms with Gasteiger partial charge in [0.15, 0.2) is 0 Å². The number of carbonyl (C=O) groups is 1. The summed E-state index contributed by atoms with van der Waals surface area (Å²) in [5.74, 6) is 0.108. The summed E-state index contributed by atoms with van der Waals surface area (Å²) >= 11 is 0. The minimum absolute atomic E-state index is 0.0186. The number of hydrogen-bond acceptors (Lipinski definition) is 4. The second-order valence-electron chi connectivity index (χ2n) is 5.67. The third-order valence-corrected chi connectivity index (χ3v) is 5.94. The molecule has 1 aromatic carbocycles. The van der Waals surface area contributed by atoms with Crippen LogP contribution in [-0.4, -0.2) is 52.4 Å². The fraction of sp³-hybridized carbons (Fsp3) is 0.500. The Balaban J connectivity index is 1.96. The van der Waals surface area contributed by atoms with E-state index in [0.29, 0.717) is 19.6 Å². The Hall–Kier alpha value is -1.44. The standard InChI is InChI=1S/C14H19N3O3S/c1-16(2)21(19,20)12-4-3-10-5-6-17(13(10)7-12)14(18)11-8-15-9-11/h3-4,7,11,15H,5-6,8-9H2,1-2H3. The summed E-state index contributed by atoms with van der Waals surface area (Å²) in [5.41, 5.74) is 1.78. The first-order valence-corrected chi connectivity index (χ1v) is 8.43. The van der Waals surface area contributed by atoms with E-state index in [1.165, 1.54) is 18.4 Å². The average molecular weight is 309 g/mol. The number of carbonyl (C=O) groups excluding carboxylic acids is 1. The van der Waals surface area contributed by atoms with Gasteiger partial charge in [0.2, 0.25) is 15.9 Å². The monoisotopic (exact) mass is 309 g/mol. The highest BCUT2D eigenvalue weighted by atomic mass is 32.2. The Bertz CT molecular complexity index is 681. The fourth-order valence-corrected chi connectivity index (χ4v) is 3.57. The van der Waals surface area contributed by atoms with E-state index < -0.39 is 10.0 Å². The Morgan fingerprint density at radius 2 is 2.05 bits per heavy atom. The highest BCUT2D eigenvalue weighted by Gasteiger charge is 2.34. The van der Waals surface area contributed by atoms with Gasteiger partial charge < -0.3 is 10.2 Å². The van der Waals surface area contributed by atoms with Gasteiger partial charge in [-0.2, -0.15) is 0 Å². The van der Waals surface area contributed by atoms with Crippen LogP contribution in [0.4, 0.5) is 5.69 Å². The van der Waals surface area contributed by atoms with Gasteiger partial charge in [-0.25, -0.2) is 12.7 Å². The molecule has 1 saturated heterocycles. The van der Waals surface area contributed by atoms with Crippen molar-refractivity contribution in [2.75, 3.05) is 38.6 Å². The zero-order valence-electron chi connectivity index (χ0n) is 12.2. The van der Waals surface area contributed by atoms with Crippen molar-refractivity contribution in [2.45, 2.75) is 11.3 Å². The molecule has 3 rings (SSSR count). The van der Waals surface area contributed by atoms with Gasteiger partial charge in [-0.3, -0.25) is 4.79 Å². The maximum Gasteiger partial charge on any atom is 0.242 e. The van der Waals surface area contributed by atoms with E-state index in [1.54, 1.807) is 17.0 Å². The number of fused-ring (bicyclic) bond motifs is 1. The number of nitrogens with one attached hydrogen (secondary N) is 1. The number of rotatable bonds is 3. The lowest BCUT2D eigenvalue weighted by Crippen LogP contribution is -2.51. The summed E-state index contributed by atoms with van der Waals surface area (Å²) in [6.07, 6.45) is 0.781. The lowest BCUT2D eigenvalue weighted by molar-refractivity contribution is -0.123. The van der Waals surface area contributed by atoms with Gasteiger partial charge in [-0.05, 0) is 24.1 Å². The second-order valence-corrected chi connectivity index (χ2v) is 7.82. The highest BCUT2D eigenvalue weighted by molar-refractivity contribution is 7.89. The Kier molecular flexibility index (Phi) is 3.51. The smallest absolute Gasteiger partial charge is 0.242 e. The summed E-state index contributed by atoms with van der Waals surface area (Å²) in [7, 11) is -0.465. The van der Waals surface area contributed by atoms with E-state index in [1.807, 2.05) is 6.07 Å². The molecule has 6 nitrogen and oxygen atoms in total. The first-order valence-electron chi connectivity index (χ1n) is 6.99. The topological polar surface area (TPSA) is 69.7 Å². The zero-order chi connectivity index (χ0) is 15.2. The molecule has 0 unspecified atom stereocenters. The van der Waals surface area contributed by atoms with Gasteiger partial charge in [-0.1, -0.05) is 6.07 Å². The Labute approximate surface area is 124 Å². The van der Waals surface area contributed by atoms with Gasteiger partial charge >= 0.3 is 0 Å². The van der Waals surface area contributed by atoms with Gasteiger partial charge in [0.1, 0.15) is 0 Å². The van der Waals surface area contributed by atoms with Crippen molar-refractivity contribution in [3.63, 3.8) is 0 Å². The van der Waals surface area contributed by atoms with Crippen molar-refractivity contribution >= 4 is 21.6 Å². The largest absolute Gasteiger partial charge is 0.315 e. The molecule has 2 aliphatic heterocycles. The maximum absolute atomic E-state index is 12.4. The number of amides is 1. The van der Waals surface area contributed by atoms with Crippen LogP contribution in [0.2, 0.25) is 0 Å². The Morgan fingerprint density at radius 1 is 1.33 bits per heavy atom. The summed E-state index contributed by atoms with van der Waals surface area (Å²) in [6.45, 7) is 2.05. The van der Waals surface area contributed by atoms with E-state index >= 15 is 0 Å². The van der Waals surface area contributed by atoms with Crippen LogP contribution in [0.15, 0.2) is 23.1 Å². The molecule has 1 fully saturated rings. The molecule has 0 radical (unpaired) electrons. The van der Waals surface area contributed by atoms with Crippen molar-refractivity contribution < 1.29 is 13.2 Å². The lowest BCUT2D eigenvalue weighted by atomic mass is 10.0. The molecular formula is C14H19N3O3S. The predicted molar refractivity (Wildman–Crippen MR) is 79.7 cm³/mol. The van der Waals surface area contributed by atoms with Gasteiger partial charge in [0.05, 0.1) is 10.8 Å². The normalized spacial score (nSPS) is 18.7. The summed E-state index contributed by atoms with van der Waals surface area (Å²) in [4.78, 5) is 14.4. The van der Waals surface area contributed by atoms with Crippen molar-refractivity contribution in [2.24, 2.45) is 5.92 Å². The molecule has 0 saturated carbocycles. The molecule has 21 heavy (non-hydrogen) atoms. The van der Waals surface area contributed by atoms with E-state index in [4.69, 9.17) is 0 Å². The number of hydrogen-bond donors (Lipinski definition) is 1. The van der Waals surface area contributed by atoms with Crippen molar-refractivity contribution in [1.29, 1.82) is 0 Å². The third-order valence-electron chi connectivity index (χ3n) is 4.13. The molecule has 0 aromatic heterocycles. The van der Waals surface area contributed by atoms with Crippen LogP contribution in [-0.2, 0) is 21.2 Å². The van der Waals surface area contributed by atoms with Crippen LogP contribution in [0, 0.1) is 5.92 Å². The van der Waals surface area contributed by atoms with Crippen molar-refractivity contribution in [3.05, 3.63) is 23.8 Å². The fourth-order valence-electron chi connectivity index (χ4n) is 2.64. The van der Waals surface area contributed by atoms with Crippen LogP contribution in [0.1, 0.15) is 5.56 Å². The molecule has 2 aliphatic rings. The zero-order valence-corrected chi connectivity index (χ0v) is 13.0. The maximum atomic E-state index is 12.4. The molecule has 7 heteroatoms. The number of nitrogens with zero attached hydrogens (tertiary/aromatic N) is 2. The first-order chi connectivity index (χ1) is 9.91. The highest BCUT2D eigenvalue weighted by Crippen LogP contribution is 2.32. The molecule has 114 valence electrons. The van der Waals surface area contributed by atoms with E-state index in [-0.39, 0.29) is 16.7 Å². The quantitative estimate of drug-likeness (QED) is 0.856. The second kappa shape index (κ2) is 5.08. The number of benzene rings is 1. The van der Waals surface area contributed by atoms with Gasteiger partial charge in [-0.15, -0.1) is 0 Å². The molecule has 1 aromatic rings. The lowest BCUT2D eigenvalue weighted by Gasteiger charge is -2.30. The molecule has 1 N–H and O–H groups in total. The molecule has 0 atom stereocenters. The molecular weight excluding hydrogens is 290 g/mol. The van der Waals surface area contributed by atoms with Gasteiger partial charge in [0.25, 0.3) is 0 Å². The molecule has 1 amide bonds. The van der Waals surface area contributed by atoms with Crippen LogP contribution < -0.4 is 10.2 Å². The Morgan fingerprint density at radius 3 is 2.62 bits per heavy atom. The summed E-state index contributed by atoms with van der Waals surface area (Å²) in [5, 5.41) is 3.09. The van der Waals surface area contributed by atoms with E-state index in [9.17, 15) is 13.2 Å². The number of anilines is 1. The van der Waals surface area contributed by atoms with Crippen molar-refractivity contribution in [3.8, 4) is 0 Å². The van der Waals surface area contributed by atoms with Crippen molar-refractivity contribution in [1.82, 2.24) is 9.62 Å². The van der Waals surface area contributed by atoms with E-state index in [0.717, 1.165) is 17.7 Å². The predicted octanol–water partition coefficient (Wildman–Crippen LogP) is 0.0454. The first kappa shape index (κ1) is 14.5. The van der Waals surface area contributed by atoms with Crippen LogP contribution >= 0.6 is 0 Å². The molecule has 0 spiro atoms. The molecule has 2 heterocycles. The molecule has 0 aliphatic carbocycles. The van der Waals surface area contributed by atoms with Crippen LogP contribution in [0.5, 0.6) is 0 Å². The third kappa shape index (κ3) is 2.35. The SMILES string of the molecule is CN(C)S(=O)(=O)c1ccc2c(c1)N(C(=O)C1CNC1)CC2. The van der Waals surface area contributed by atoms with Crippen LogP contribution in [0.25, 0.3) is 0 Å². The summed E-state index contributed by atoms with van der Waals surface area (Å²) < 4.78 is 25.6. The molecule has 0 bridgehead atoms. The minimum Gasteiger partial charge on any atom is -0.315 e. The number of sulfonamides is 1.